The summed E-state index contributed by atoms with van der Waals surface area (Å²) in [6, 6.07) is 2.09. The number of carbonyl (C=O) groups is 3. The van der Waals surface area contributed by atoms with Gasteiger partial charge in [-0.15, -0.1) is 0 Å². The molecule has 3 fully saturated rings. The van der Waals surface area contributed by atoms with E-state index in [1.807, 2.05) is 17.9 Å². The van der Waals surface area contributed by atoms with Gasteiger partial charge in [0.2, 0.25) is 5.91 Å². The molecule has 2 aromatic rings. The van der Waals surface area contributed by atoms with E-state index in [1.165, 1.54) is 4.90 Å². The first kappa shape index (κ1) is 21.9. The summed E-state index contributed by atoms with van der Waals surface area (Å²) in [5.74, 6) is -0.968. The molecule has 2 aliphatic carbocycles. The molecule has 9 nitrogen and oxygen atoms in total. The van der Waals surface area contributed by atoms with Crippen molar-refractivity contribution in [2.24, 2.45) is 7.05 Å². The standard InChI is InChI=1S/C24H30N4O5/c1-13-17(14-3-4-14)11-18-21(20(13)24(32)33)25-22(26(18)2)23(31)27-9-10-28(19(30)12-27)15-5-7-16(29)8-6-15/h11,14-16,29H,3-10,12H2,1-2H3,(H,32,33)/t15-,16-. The molecule has 9 heteroatoms. The molecule has 2 N–H and O–H groups in total. The Morgan fingerprint density at radius 2 is 1.79 bits per heavy atom. The van der Waals surface area contributed by atoms with Crippen LogP contribution in [0.5, 0.6) is 0 Å². The molecule has 3 aliphatic rings. The Labute approximate surface area is 192 Å². The molecule has 0 unspecified atom stereocenters. The predicted molar refractivity (Wildman–Crippen MR) is 120 cm³/mol. The van der Waals surface area contributed by atoms with E-state index >= 15 is 0 Å². The summed E-state index contributed by atoms with van der Waals surface area (Å²) < 4.78 is 1.66. The third-order valence-electron chi connectivity index (χ3n) is 7.55. The number of fused-ring (bicyclic) bond motifs is 1. The van der Waals surface area contributed by atoms with E-state index in [-0.39, 0.29) is 41.9 Å². The first-order chi connectivity index (χ1) is 15.8. The van der Waals surface area contributed by atoms with Crippen molar-refractivity contribution in [1.82, 2.24) is 19.4 Å². The molecule has 0 bridgehead atoms. The van der Waals surface area contributed by atoms with Gasteiger partial charge in [-0.1, -0.05) is 0 Å². The maximum atomic E-state index is 13.4. The smallest absolute Gasteiger partial charge is 0.338 e. The molecule has 0 atom stereocenters. The first-order valence-electron chi connectivity index (χ1n) is 11.8. The number of piperazine rings is 1. The van der Waals surface area contributed by atoms with Gasteiger partial charge in [0.05, 0.1) is 17.2 Å². The summed E-state index contributed by atoms with van der Waals surface area (Å²) in [6.45, 7) is 2.67. The molecule has 176 valence electrons. The SMILES string of the molecule is Cc1c(C2CC2)cc2c(nc(C(=O)N3CCN([C@H]4CC[C@H](O)CC4)C(=O)C3)n2C)c1C(=O)O. The van der Waals surface area contributed by atoms with Gasteiger partial charge in [0.1, 0.15) is 12.1 Å². The van der Waals surface area contributed by atoms with Crippen molar-refractivity contribution in [1.29, 1.82) is 0 Å². The van der Waals surface area contributed by atoms with Crippen LogP contribution in [0.25, 0.3) is 11.0 Å². The molecule has 0 radical (unpaired) electrons. The van der Waals surface area contributed by atoms with Crippen molar-refractivity contribution in [2.45, 2.75) is 63.5 Å². The third-order valence-corrected chi connectivity index (χ3v) is 7.55. The molecule has 2 amide bonds. The number of aliphatic hydroxyl groups excluding tert-OH is 1. The van der Waals surface area contributed by atoms with Gasteiger partial charge in [-0.3, -0.25) is 9.59 Å². The van der Waals surface area contributed by atoms with Gasteiger partial charge in [0, 0.05) is 26.2 Å². The lowest BCUT2D eigenvalue weighted by Gasteiger charge is -2.41. The van der Waals surface area contributed by atoms with Gasteiger partial charge in [-0.2, -0.15) is 0 Å². The molecule has 1 aliphatic heterocycles. The minimum absolute atomic E-state index is 0.0147. The van der Waals surface area contributed by atoms with Gasteiger partial charge in [0.25, 0.3) is 5.91 Å². The van der Waals surface area contributed by atoms with Gasteiger partial charge in [0.15, 0.2) is 5.82 Å². The number of hydrogen-bond donors (Lipinski definition) is 2. The topological polar surface area (TPSA) is 116 Å². The lowest BCUT2D eigenvalue weighted by Crippen LogP contribution is -2.56. The van der Waals surface area contributed by atoms with Crippen molar-refractivity contribution in [3.8, 4) is 0 Å². The highest BCUT2D eigenvalue weighted by Gasteiger charge is 2.36. The van der Waals surface area contributed by atoms with Crippen molar-refractivity contribution < 1.29 is 24.6 Å². The average Bonchev–Trinajstić information content (AvgIpc) is 3.57. The van der Waals surface area contributed by atoms with E-state index < -0.39 is 5.97 Å². The lowest BCUT2D eigenvalue weighted by atomic mass is 9.91. The van der Waals surface area contributed by atoms with Gasteiger partial charge >= 0.3 is 5.97 Å². The van der Waals surface area contributed by atoms with Gasteiger partial charge < -0.3 is 24.6 Å². The number of nitrogens with zero attached hydrogens (tertiary/aromatic N) is 4. The van der Waals surface area contributed by atoms with Gasteiger partial charge in [-0.05, 0) is 68.6 Å². The Hall–Kier alpha value is -2.94. The number of amides is 2. The van der Waals surface area contributed by atoms with E-state index in [1.54, 1.807) is 11.6 Å². The molecule has 1 aromatic heterocycles. The molecule has 1 aromatic carbocycles. The zero-order chi connectivity index (χ0) is 23.4. The number of aryl methyl sites for hydroxylation is 1. The maximum absolute atomic E-state index is 13.4. The fourth-order valence-corrected chi connectivity index (χ4v) is 5.47. The quantitative estimate of drug-likeness (QED) is 0.731. The Kier molecular flexibility index (Phi) is 5.39. The van der Waals surface area contributed by atoms with Crippen LogP contribution in [0.1, 0.15) is 76.5 Å². The van der Waals surface area contributed by atoms with Crippen LogP contribution in [0, 0.1) is 6.92 Å². The number of rotatable bonds is 4. The lowest BCUT2D eigenvalue weighted by molar-refractivity contribution is -0.138. The van der Waals surface area contributed by atoms with Crippen LogP contribution < -0.4 is 0 Å². The molecule has 33 heavy (non-hydrogen) atoms. The molecule has 5 rings (SSSR count). The summed E-state index contributed by atoms with van der Waals surface area (Å²) in [5.41, 5.74) is 2.85. The maximum Gasteiger partial charge on any atom is 0.338 e. The third kappa shape index (κ3) is 3.78. The normalized spacial score (nSPS) is 23.9. The van der Waals surface area contributed by atoms with Crippen LogP contribution in [0.4, 0.5) is 0 Å². The van der Waals surface area contributed by atoms with Crippen LogP contribution in [0.15, 0.2) is 6.07 Å². The van der Waals surface area contributed by atoms with Crippen molar-refractivity contribution >= 4 is 28.8 Å². The number of hydrogen-bond acceptors (Lipinski definition) is 5. The fraction of sp³-hybridized carbons (Fsp3) is 0.583. The minimum Gasteiger partial charge on any atom is -0.478 e. The highest BCUT2D eigenvalue weighted by Crippen LogP contribution is 2.44. The van der Waals surface area contributed by atoms with Crippen molar-refractivity contribution in [3.63, 3.8) is 0 Å². The number of imidazole rings is 1. The van der Waals surface area contributed by atoms with Crippen molar-refractivity contribution in [2.75, 3.05) is 19.6 Å². The zero-order valence-electron chi connectivity index (χ0n) is 19.1. The molecule has 1 saturated heterocycles. The molecule has 2 heterocycles. The fourth-order valence-electron chi connectivity index (χ4n) is 5.47. The monoisotopic (exact) mass is 454 g/mol. The van der Waals surface area contributed by atoms with Crippen LogP contribution in [0.3, 0.4) is 0 Å². The van der Waals surface area contributed by atoms with Crippen LogP contribution >= 0.6 is 0 Å². The highest BCUT2D eigenvalue weighted by atomic mass is 16.4. The van der Waals surface area contributed by atoms with E-state index in [0.29, 0.717) is 42.9 Å². The number of carboxylic acid groups (broad SMARTS) is 1. The van der Waals surface area contributed by atoms with E-state index in [2.05, 4.69) is 4.98 Å². The van der Waals surface area contributed by atoms with Crippen LogP contribution in [0.2, 0.25) is 0 Å². The summed E-state index contributed by atoms with van der Waals surface area (Å²) in [4.78, 5) is 46.1. The average molecular weight is 455 g/mol. The number of carbonyl (C=O) groups excluding carboxylic acids is 2. The molecular weight excluding hydrogens is 424 g/mol. The Balaban J connectivity index is 1.41. The summed E-state index contributed by atoms with van der Waals surface area (Å²) in [6.07, 6.45) is 4.77. The van der Waals surface area contributed by atoms with E-state index in [9.17, 15) is 24.6 Å². The summed E-state index contributed by atoms with van der Waals surface area (Å²) >= 11 is 0. The highest BCUT2D eigenvalue weighted by molar-refractivity contribution is 6.05. The van der Waals surface area contributed by atoms with Gasteiger partial charge in [-0.25, -0.2) is 9.78 Å². The second-order valence-corrected chi connectivity index (χ2v) is 9.68. The predicted octanol–water partition coefficient (Wildman–Crippen LogP) is 2.05. The number of benzene rings is 1. The summed E-state index contributed by atoms with van der Waals surface area (Å²) in [5, 5.41) is 19.6. The van der Waals surface area contributed by atoms with Crippen LogP contribution in [-0.4, -0.2) is 79.1 Å². The van der Waals surface area contributed by atoms with Crippen LogP contribution in [-0.2, 0) is 11.8 Å². The Morgan fingerprint density at radius 3 is 2.39 bits per heavy atom. The summed E-state index contributed by atoms with van der Waals surface area (Å²) in [7, 11) is 1.73. The first-order valence-corrected chi connectivity index (χ1v) is 11.8. The molecule has 2 saturated carbocycles. The Bertz CT molecular complexity index is 1140. The molecular formula is C24H30N4O5. The number of aromatic nitrogens is 2. The van der Waals surface area contributed by atoms with E-state index in [4.69, 9.17) is 0 Å². The second-order valence-electron chi connectivity index (χ2n) is 9.68. The number of aliphatic hydroxyl groups is 1. The largest absolute Gasteiger partial charge is 0.478 e. The Morgan fingerprint density at radius 1 is 1.09 bits per heavy atom. The molecule has 0 spiro atoms. The van der Waals surface area contributed by atoms with E-state index in [0.717, 1.165) is 36.8 Å². The minimum atomic E-state index is -1.04. The number of aromatic carboxylic acids is 1. The van der Waals surface area contributed by atoms with Crippen molar-refractivity contribution in [3.05, 3.63) is 28.6 Å². The number of carboxylic acids is 1. The second kappa shape index (κ2) is 8.13. The zero-order valence-corrected chi connectivity index (χ0v) is 19.1.